The van der Waals surface area contributed by atoms with E-state index in [0.29, 0.717) is 23.6 Å². The van der Waals surface area contributed by atoms with Crippen molar-refractivity contribution in [2.24, 2.45) is 0 Å². The smallest absolute Gasteiger partial charge is 0.352 e. The van der Waals surface area contributed by atoms with Crippen LogP contribution >= 0.6 is 11.8 Å². The van der Waals surface area contributed by atoms with Crippen LogP contribution in [0.15, 0.2) is 22.9 Å². The molecule has 0 spiro atoms. The standard InChI is InChI=1S/C19H21N5O4S/c1-10-11-5-3-4-6-14(11)24-19(21-10)22-16(23-24)7-15-12(18(27)28-2)8-20-13(9-29-15)17(25)26/h8-9,15,20H,3-7H2,1-2H3,(H,25,26). The second-order valence-corrected chi connectivity index (χ2v) is 8.05. The van der Waals surface area contributed by atoms with Gasteiger partial charge in [0.15, 0.2) is 5.82 Å². The molecule has 1 atom stereocenters. The third kappa shape index (κ3) is 3.71. The summed E-state index contributed by atoms with van der Waals surface area (Å²) in [6.45, 7) is 2.00. The molecule has 1 unspecified atom stereocenters. The number of fused-ring (bicyclic) bond motifs is 3. The normalized spacial score (nSPS) is 18.9. The van der Waals surface area contributed by atoms with Gasteiger partial charge in [-0.15, -0.1) is 16.9 Å². The predicted molar refractivity (Wildman–Crippen MR) is 106 cm³/mol. The van der Waals surface area contributed by atoms with Crippen molar-refractivity contribution >= 4 is 29.5 Å². The van der Waals surface area contributed by atoms with E-state index in [1.807, 2.05) is 11.4 Å². The van der Waals surface area contributed by atoms with Crippen LogP contribution in [0.25, 0.3) is 5.78 Å². The molecule has 0 radical (unpaired) electrons. The van der Waals surface area contributed by atoms with Crippen molar-refractivity contribution in [3.8, 4) is 0 Å². The first kappa shape index (κ1) is 19.4. The molecule has 1 aliphatic heterocycles. The summed E-state index contributed by atoms with van der Waals surface area (Å²) in [5, 5.41) is 17.6. The van der Waals surface area contributed by atoms with Crippen LogP contribution < -0.4 is 5.32 Å². The number of methoxy groups -OCH3 is 1. The molecule has 2 aromatic heterocycles. The van der Waals surface area contributed by atoms with Crippen molar-refractivity contribution in [3.63, 3.8) is 0 Å². The Balaban J connectivity index is 1.68. The Bertz CT molecular complexity index is 1060. The fourth-order valence-electron chi connectivity index (χ4n) is 3.67. The quantitative estimate of drug-likeness (QED) is 0.717. The Morgan fingerprint density at radius 1 is 1.34 bits per heavy atom. The Kier molecular flexibility index (Phi) is 5.27. The van der Waals surface area contributed by atoms with Gasteiger partial charge >= 0.3 is 11.9 Å². The Labute approximate surface area is 171 Å². The molecule has 1 aliphatic carbocycles. The number of nitrogens with zero attached hydrogens (tertiary/aromatic N) is 4. The summed E-state index contributed by atoms with van der Waals surface area (Å²) < 4.78 is 6.68. The predicted octanol–water partition coefficient (Wildman–Crippen LogP) is 1.54. The third-order valence-electron chi connectivity index (χ3n) is 5.13. The molecule has 0 amide bonds. The molecule has 2 N–H and O–H groups in total. The minimum absolute atomic E-state index is 0.00627. The van der Waals surface area contributed by atoms with Gasteiger partial charge in [-0.2, -0.15) is 4.98 Å². The molecule has 3 heterocycles. The SMILES string of the molecule is COC(=O)C1=CNC(C(=O)O)=CSC1Cc1nc2nc(C)c3c(n2n1)CCCC3. The van der Waals surface area contributed by atoms with Gasteiger partial charge in [0.2, 0.25) is 0 Å². The average molecular weight is 415 g/mol. The number of hydrogen-bond donors (Lipinski definition) is 2. The lowest BCUT2D eigenvalue weighted by molar-refractivity contribution is -0.136. The van der Waals surface area contributed by atoms with E-state index in [1.165, 1.54) is 36.0 Å². The highest BCUT2D eigenvalue weighted by atomic mass is 32.2. The minimum Gasteiger partial charge on any atom is -0.477 e. The zero-order chi connectivity index (χ0) is 20.5. The molecule has 10 heteroatoms. The van der Waals surface area contributed by atoms with Crippen molar-refractivity contribution in [1.82, 2.24) is 24.9 Å². The molecule has 9 nitrogen and oxygen atoms in total. The van der Waals surface area contributed by atoms with Gasteiger partial charge in [0, 0.05) is 29.0 Å². The van der Waals surface area contributed by atoms with Crippen molar-refractivity contribution in [2.75, 3.05) is 7.11 Å². The first-order valence-electron chi connectivity index (χ1n) is 9.35. The number of aliphatic carboxylic acids is 1. The van der Waals surface area contributed by atoms with E-state index in [1.54, 1.807) is 0 Å². The summed E-state index contributed by atoms with van der Waals surface area (Å²) in [6, 6.07) is 0. The van der Waals surface area contributed by atoms with Gasteiger partial charge in [0.25, 0.3) is 5.78 Å². The summed E-state index contributed by atoms with van der Waals surface area (Å²) in [4.78, 5) is 32.7. The maximum atomic E-state index is 12.2. The van der Waals surface area contributed by atoms with Crippen LogP contribution in [0.1, 0.15) is 35.6 Å². The van der Waals surface area contributed by atoms with Gasteiger partial charge in [-0.25, -0.2) is 19.1 Å². The molecule has 2 aliphatic rings. The van der Waals surface area contributed by atoms with Gasteiger partial charge in [-0.3, -0.25) is 0 Å². The number of rotatable bonds is 4. The number of hydrogen-bond acceptors (Lipinski definition) is 8. The fraction of sp³-hybridized carbons (Fsp3) is 0.421. The lowest BCUT2D eigenvalue weighted by Gasteiger charge is -2.17. The molecule has 4 rings (SSSR count). The zero-order valence-corrected chi connectivity index (χ0v) is 17.0. The van der Waals surface area contributed by atoms with Crippen molar-refractivity contribution in [1.29, 1.82) is 0 Å². The number of ether oxygens (including phenoxy) is 1. The Morgan fingerprint density at radius 2 is 2.14 bits per heavy atom. The second-order valence-electron chi connectivity index (χ2n) is 6.97. The van der Waals surface area contributed by atoms with Crippen LogP contribution in [-0.4, -0.2) is 49.0 Å². The van der Waals surface area contributed by atoms with E-state index in [4.69, 9.17) is 4.74 Å². The zero-order valence-electron chi connectivity index (χ0n) is 16.1. The van der Waals surface area contributed by atoms with E-state index in [0.717, 1.165) is 37.1 Å². The number of carboxylic acid groups (broad SMARTS) is 1. The van der Waals surface area contributed by atoms with Gasteiger partial charge in [-0.05, 0) is 38.2 Å². The maximum Gasteiger partial charge on any atom is 0.352 e. The first-order valence-corrected chi connectivity index (χ1v) is 10.3. The minimum atomic E-state index is -1.10. The maximum absolute atomic E-state index is 12.2. The lowest BCUT2D eigenvalue weighted by atomic mass is 9.95. The monoisotopic (exact) mass is 415 g/mol. The number of nitrogens with one attached hydrogen (secondary N) is 1. The van der Waals surface area contributed by atoms with E-state index < -0.39 is 11.9 Å². The number of carbonyl (C=O) groups is 2. The number of esters is 1. The summed E-state index contributed by atoms with van der Waals surface area (Å²) in [6.07, 6.45) is 5.94. The van der Waals surface area contributed by atoms with E-state index in [9.17, 15) is 14.7 Å². The van der Waals surface area contributed by atoms with Crippen LogP contribution in [-0.2, 0) is 33.6 Å². The molecule has 2 aromatic rings. The molecule has 0 saturated heterocycles. The van der Waals surface area contributed by atoms with E-state index >= 15 is 0 Å². The Hall–Kier alpha value is -2.88. The van der Waals surface area contributed by atoms with Crippen molar-refractivity contribution < 1.29 is 19.4 Å². The van der Waals surface area contributed by atoms with Gasteiger partial charge in [-0.1, -0.05) is 0 Å². The molecule has 0 bridgehead atoms. The van der Waals surface area contributed by atoms with Gasteiger partial charge in [0.05, 0.1) is 18.4 Å². The summed E-state index contributed by atoms with van der Waals surface area (Å²) in [5.41, 5.74) is 3.72. The summed E-state index contributed by atoms with van der Waals surface area (Å²) in [5.74, 6) is -0.517. The molecule has 152 valence electrons. The second kappa shape index (κ2) is 7.86. The number of aryl methyl sites for hydroxylation is 2. The largest absolute Gasteiger partial charge is 0.477 e. The van der Waals surface area contributed by atoms with Crippen LogP contribution in [0.2, 0.25) is 0 Å². The molecule has 0 aromatic carbocycles. The van der Waals surface area contributed by atoms with Crippen LogP contribution in [0, 0.1) is 6.92 Å². The average Bonchev–Trinajstić information content (AvgIpc) is 2.99. The summed E-state index contributed by atoms with van der Waals surface area (Å²) in [7, 11) is 1.30. The number of carbonyl (C=O) groups excluding carboxylic acids is 1. The number of carboxylic acids is 1. The van der Waals surface area contributed by atoms with Crippen LogP contribution in [0.3, 0.4) is 0 Å². The topological polar surface area (TPSA) is 119 Å². The van der Waals surface area contributed by atoms with Crippen molar-refractivity contribution in [2.45, 2.75) is 44.3 Å². The van der Waals surface area contributed by atoms with Gasteiger partial charge in [0.1, 0.15) is 5.70 Å². The molecular weight excluding hydrogens is 394 g/mol. The van der Waals surface area contributed by atoms with Crippen molar-refractivity contribution in [3.05, 3.63) is 45.7 Å². The highest BCUT2D eigenvalue weighted by Gasteiger charge is 2.28. The first-order chi connectivity index (χ1) is 14.0. The van der Waals surface area contributed by atoms with E-state index in [-0.39, 0.29) is 10.9 Å². The molecule has 0 fully saturated rings. The van der Waals surface area contributed by atoms with Crippen LogP contribution in [0.5, 0.6) is 0 Å². The molecule has 29 heavy (non-hydrogen) atoms. The number of aromatic nitrogens is 4. The van der Waals surface area contributed by atoms with E-state index in [2.05, 4.69) is 20.4 Å². The number of thioether (sulfide) groups is 1. The third-order valence-corrected chi connectivity index (χ3v) is 6.25. The van der Waals surface area contributed by atoms with Crippen LogP contribution in [0.4, 0.5) is 0 Å². The fourth-order valence-corrected chi connectivity index (χ4v) is 4.69. The Morgan fingerprint density at radius 3 is 2.90 bits per heavy atom. The lowest BCUT2D eigenvalue weighted by Crippen LogP contribution is -2.21. The summed E-state index contributed by atoms with van der Waals surface area (Å²) >= 11 is 1.22. The van der Waals surface area contributed by atoms with Gasteiger partial charge < -0.3 is 15.2 Å². The molecular formula is C19H21N5O4S. The molecule has 0 saturated carbocycles. The highest BCUT2D eigenvalue weighted by molar-refractivity contribution is 8.03. The highest BCUT2D eigenvalue weighted by Crippen LogP contribution is 2.29.